The molecule has 8 rings (SSSR count). The van der Waals surface area contributed by atoms with Crippen molar-refractivity contribution in [2.45, 2.75) is 39.3 Å². The highest BCUT2D eigenvalue weighted by molar-refractivity contribution is 7.81. The Balaban J connectivity index is 1.33. The normalized spacial score (nSPS) is 13.2. The van der Waals surface area contributed by atoms with Crippen LogP contribution in [-0.4, -0.2) is 23.7 Å². The van der Waals surface area contributed by atoms with Crippen LogP contribution in [0.3, 0.4) is 0 Å². The number of aromatic nitrogens is 4. The van der Waals surface area contributed by atoms with Gasteiger partial charge in [-0.2, -0.15) is 0 Å². The summed E-state index contributed by atoms with van der Waals surface area (Å²) < 4.78 is 6.65. The minimum Gasteiger partial charge on any atom is -0.345 e. The van der Waals surface area contributed by atoms with Crippen molar-refractivity contribution in [2.75, 3.05) is 5.32 Å². The molecule has 9 heteroatoms. The Morgan fingerprint density at radius 1 is 0.867 bits per heavy atom. The van der Waals surface area contributed by atoms with Crippen LogP contribution < -0.4 is 5.32 Å². The number of para-hydroxylation sites is 1. The monoisotopic (exact) mass is 667 g/mol. The maximum Gasteiger partial charge on any atom is 0.163 e. The van der Waals surface area contributed by atoms with Crippen molar-refractivity contribution in [3.05, 3.63) is 111 Å². The number of aryl methyl sites for hydroxylation is 3. The third kappa shape index (κ3) is 4.66. The summed E-state index contributed by atoms with van der Waals surface area (Å²) in [5.74, 6) is 0.801. The Labute approximate surface area is 280 Å². The number of hydrogen-bond donors (Lipinski definition) is 1. The van der Waals surface area contributed by atoms with E-state index in [1.807, 2.05) is 28.8 Å². The largest absolute Gasteiger partial charge is 0.345 e. The van der Waals surface area contributed by atoms with Crippen LogP contribution in [0.25, 0.3) is 50.0 Å². The van der Waals surface area contributed by atoms with E-state index >= 15 is 0 Å². The summed E-state index contributed by atoms with van der Waals surface area (Å²) >= 11 is 25.6. The van der Waals surface area contributed by atoms with Gasteiger partial charge in [-0.15, -0.1) is 5.10 Å². The van der Waals surface area contributed by atoms with Gasteiger partial charge in [0.1, 0.15) is 16.3 Å². The SMILES string of the molecule is CCn1c2ccccc2c2ccc(NC(=S)c3c(-c4ccc(Cl)cc4)c4c5n(c(-c6ccc(Cl)cc6Cl)nn35)CCCC4)cc21. The van der Waals surface area contributed by atoms with Crippen LogP contribution in [0.1, 0.15) is 31.0 Å². The number of hydrogen-bond acceptors (Lipinski definition) is 2. The molecule has 0 atom stereocenters. The lowest BCUT2D eigenvalue weighted by Crippen LogP contribution is -2.15. The van der Waals surface area contributed by atoms with E-state index in [2.05, 4.69) is 76.0 Å². The van der Waals surface area contributed by atoms with E-state index in [9.17, 15) is 0 Å². The summed E-state index contributed by atoms with van der Waals surface area (Å²) in [5.41, 5.74) is 9.41. The van der Waals surface area contributed by atoms with Gasteiger partial charge in [-0.25, -0.2) is 4.52 Å². The van der Waals surface area contributed by atoms with Crippen LogP contribution in [-0.2, 0) is 19.5 Å². The lowest BCUT2D eigenvalue weighted by atomic mass is 9.98. The molecule has 0 bridgehead atoms. The van der Waals surface area contributed by atoms with Crippen LogP contribution >= 0.6 is 47.0 Å². The highest BCUT2D eigenvalue weighted by atomic mass is 35.5. The van der Waals surface area contributed by atoms with Gasteiger partial charge in [0.25, 0.3) is 0 Å². The molecule has 0 saturated heterocycles. The van der Waals surface area contributed by atoms with E-state index in [4.69, 9.17) is 52.1 Å². The molecule has 0 unspecified atom stereocenters. The number of fused-ring (bicyclic) bond motifs is 3. The highest BCUT2D eigenvalue weighted by Gasteiger charge is 2.30. The Morgan fingerprint density at radius 3 is 2.44 bits per heavy atom. The number of anilines is 1. The molecule has 224 valence electrons. The first-order valence-electron chi connectivity index (χ1n) is 15.1. The van der Waals surface area contributed by atoms with Gasteiger partial charge in [0, 0.05) is 61.8 Å². The quantitative estimate of drug-likeness (QED) is 0.186. The zero-order valence-electron chi connectivity index (χ0n) is 24.4. The van der Waals surface area contributed by atoms with Gasteiger partial charge in [-0.1, -0.05) is 83.4 Å². The van der Waals surface area contributed by atoms with Crippen LogP contribution in [0.4, 0.5) is 5.69 Å². The van der Waals surface area contributed by atoms with E-state index in [1.54, 1.807) is 6.07 Å². The van der Waals surface area contributed by atoms with Crippen LogP contribution in [0, 0.1) is 0 Å². The molecule has 4 heterocycles. The average molecular weight is 669 g/mol. The predicted octanol–water partition coefficient (Wildman–Crippen LogP) is 10.7. The maximum absolute atomic E-state index is 6.74. The minimum atomic E-state index is 0.567. The number of benzene rings is 4. The fraction of sp³-hybridized carbons (Fsp3) is 0.167. The zero-order valence-corrected chi connectivity index (χ0v) is 27.5. The number of nitrogens with zero attached hydrogens (tertiary/aromatic N) is 4. The lowest BCUT2D eigenvalue weighted by Gasteiger charge is -2.13. The van der Waals surface area contributed by atoms with E-state index in [-0.39, 0.29) is 0 Å². The average Bonchev–Trinajstić information content (AvgIpc) is 3.59. The van der Waals surface area contributed by atoms with Crippen molar-refractivity contribution in [3.8, 4) is 22.5 Å². The molecule has 0 amide bonds. The first-order chi connectivity index (χ1) is 21.9. The standard InChI is InChI=1S/C36H28Cl3N5S/c1-2-42-30-9-4-3-7-25(30)26-17-15-24(20-31(26)42)40-35(45)33-32(21-10-12-22(37)13-11-21)28-8-5-6-18-43-34(41-44(33)36(28)43)27-16-14-23(38)19-29(27)39/h3-4,7,9-17,19-20H,2,5-6,8,18H2,1H3,(H,40,45). The smallest absolute Gasteiger partial charge is 0.163 e. The molecule has 1 aliphatic heterocycles. The van der Waals surface area contributed by atoms with Crippen molar-refractivity contribution >= 4 is 85.1 Å². The van der Waals surface area contributed by atoms with Crippen LogP contribution in [0.15, 0.2) is 84.9 Å². The molecule has 5 nitrogen and oxygen atoms in total. The molecule has 7 aromatic rings. The van der Waals surface area contributed by atoms with Gasteiger partial charge in [0.15, 0.2) is 5.82 Å². The van der Waals surface area contributed by atoms with Gasteiger partial charge in [-0.3, -0.25) is 0 Å². The predicted molar refractivity (Wildman–Crippen MR) is 192 cm³/mol. The first kappa shape index (κ1) is 28.6. The molecule has 0 aliphatic carbocycles. The zero-order chi connectivity index (χ0) is 30.8. The van der Waals surface area contributed by atoms with Crippen molar-refractivity contribution in [1.29, 1.82) is 0 Å². The number of halogens is 3. The van der Waals surface area contributed by atoms with Gasteiger partial charge >= 0.3 is 0 Å². The van der Waals surface area contributed by atoms with E-state index < -0.39 is 0 Å². The summed E-state index contributed by atoms with van der Waals surface area (Å²) in [6.07, 6.45) is 2.99. The van der Waals surface area contributed by atoms with Gasteiger partial charge in [0.2, 0.25) is 0 Å². The Kier molecular flexibility index (Phi) is 7.14. The Hall–Kier alpha value is -3.81. The molecule has 3 aromatic heterocycles. The van der Waals surface area contributed by atoms with E-state index in [1.165, 1.54) is 27.4 Å². The first-order valence-corrected chi connectivity index (χ1v) is 16.6. The highest BCUT2D eigenvalue weighted by Crippen LogP contribution is 2.40. The fourth-order valence-electron chi connectivity index (χ4n) is 6.90. The van der Waals surface area contributed by atoms with Crippen molar-refractivity contribution < 1.29 is 0 Å². The number of thiocarbonyl (C=S) groups is 1. The molecule has 0 saturated carbocycles. The van der Waals surface area contributed by atoms with Gasteiger partial charge in [0.05, 0.1) is 10.5 Å². The summed E-state index contributed by atoms with van der Waals surface area (Å²) in [7, 11) is 0. The number of nitrogens with one attached hydrogen (secondary N) is 1. The minimum absolute atomic E-state index is 0.567. The van der Waals surface area contributed by atoms with Crippen LogP contribution in [0.5, 0.6) is 0 Å². The lowest BCUT2D eigenvalue weighted by molar-refractivity contribution is 0.645. The van der Waals surface area contributed by atoms with Crippen molar-refractivity contribution in [1.82, 2.24) is 18.7 Å². The molecule has 0 spiro atoms. The van der Waals surface area contributed by atoms with Gasteiger partial charge in [-0.05, 0) is 80.3 Å². The second-order valence-electron chi connectivity index (χ2n) is 11.4. The maximum atomic E-state index is 6.74. The van der Waals surface area contributed by atoms with E-state index in [0.29, 0.717) is 20.1 Å². The summed E-state index contributed by atoms with van der Waals surface area (Å²) in [6.45, 7) is 3.88. The molecular weight excluding hydrogens is 641 g/mol. The second-order valence-corrected chi connectivity index (χ2v) is 13.1. The Bertz CT molecular complexity index is 2290. The Morgan fingerprint density at radius 2 is 1.64 bits per heavy atom. The molecule has 45 heavy (non-hydrogen) atoms. The molecular formula is C36H28Cl3N5S. The fourth-order valence-corrected chi connectivity index (χ4v) is 7.83. The summed E-state index contributed by atoms with van der Waals surface area (Å²) in [5, 5.41) is 13.1. The molecule has 0 fully saturated rings. The molecule has 4 aromatic carbocycles. The summed E-state index contributed by atoms with van der Waals surface area (Å²) in [6, 6.07) is 28.6. The molecule has 0 radical (unpaired) electrons. The third-order valence-electron chi connectivity index (χ3n) is 8.85. The van der Waals surface area contributed by atoms with Crippen LogP contribution in [0.2, 0.25) is 15.1 Å². The number of rotatable bonds is 5. The third-order valence-corrected chi connectivity index (χ3v) is 9.95. The summed E-state index contributed by atoms with van der Waals surface area (Å²) in [4.78, 5) is 0.596. The van der Waals surface area contributed by atoms with E-state index in [0.717, 1.165) is 71.9 Å². The van der Waals surface area contributed by atoms with Crippen molar-refractivity contribution in [3.63, 3.8) is 0 Å². The second kappa shape index (κ2) is 11.2. The topological polar surface area (TPSA) is 39.2 Å². The molecule has 1 N–H and O–H groups in total. The van der Waals surface area contributed by atoms with Crippen molar-refractivity contribution in [2.24, 2.45) is 0 Å². The molecule has 1 aliphatic rings. The van der Waals surface area contributed by atoms with Gasteiger partial charge < -0.3 is 14.5 Å².